The van der Waals surface area contributed by atoms with Crippen molar-refractivity contribution in [3.63, 3.8) is 0 Å². The van der Waals surface area contributed by atoms with Gasteiger partial charge < -0.3 is 4.57 Å². The van der Waals surface area contributed by atoms with E-state index in [1.54, 1.807) is 0 Å². The van der Waals surface area contributed by atoms with E-state index in [1.807, 2.05) is 0 Å². The number of nitrogens with zero attached hydrogens (tertiary/aromatic N) is 4. The van der Waals surface area contributed by atoms with Crippen LogP contribution in [0.2, 0.25) is 0 Å². The van der Waals surface area contributed by atoms with Crippen LogP contribution in [0, 0.1) is 0 Å². The number of benzene rings is 10. The van der Waals surface area contributed by atoms with Gasteiger partial charge in [0.1, 0.15) is 0 Å². The summed E-state index contributed by atoms with van der Waals surface area (Å²) >= 11 is 0. The monoisotopic (exact) mass is 802 g/mol. The molecule has 63 heavy (non-hydrogen) atoms. The van der Waals surface area contributed by atoms with Crippen molar-refractivity contribution in [2.24, 2.45) is 0 Å². The predicted molar refractivity (Wildman–Crippen MR) is 264 cm³/mol. The second-order valence-electron chi connectivity index (χ2n) is 17.6. The van der Waals surface area contributed by atoms with Crippen LogP contribution in [0.25, 0.3) is 121 Å². The first-order chi connectivity index (χ1) is 31.1. The summed E-state index contributed by atoms with van der Waals surface area (Å²) < 4.78 is 4.77. The third-order valence-corrected chi connectivity index (χ3v) is 14.1. The summed E-state index contributed by atoms with van der Waals surface area (Å²) in [6, 6.07) is 70.8. The molecule has 4 nitrogen and oxygen atoms in total. The van der Waals surface area contributed by atoms with Crippen molar-refractivity contribution < 1.29 is 0 Å². The first-order valence-electron chi connectivity index (χ1n) is 21.8. The molecule has 13 aromatic rings. The van der Waals surface area contributed by atoms with Crippen molar-refractivity contribution in [1.82, 2.24) is 19.1 Å². The quantitative estimate of drug-likeness (QED) is 0.167. The summed E-state index contributed by atoms with van der Waals surface area (Å²) in [4.78, 5) is 11.7. The van der Waals surface area contributed by atoms with Crippen LogP contribution in [0.4, 0.5) is 0 Å². The fourth-order valence-electron chi connectivity index (χ4n) is 11.4. The third-order valence-electron chi connectivity index (χ3n) is 14.1. The van der Waals surface area contributed by atoms with Crippen molar-refractivity contribution in [2.45, 2.75) is 19.3 Å². The van der Waals surface area contributed by atoms with E-state index in [0.29, 0.717) is 5.95 Å². The Morgan fingerprint density at radius 1 is 0.365 bits per heavy atom. The van der Waals surface area contributed by atoms with Crippen molar-refractivity contribution in [3.8, 4) is 34.2 Å². The molecule has 3 heterocycles. The minimum absolute atomic E-state index is 0.358. The van der Waals surface area contributed by atoms with Gasteiger partial charge in [0, 0.05) is 60.1 Å². The van der Waals surface area contributed by atoms with Crippen LogP contribution in [0.3, 0.4) is 0 Å². The fourth-order valence-corrected chi connectivity index (χ4v) is 11.4. The van der Waals surface area contributed by atoms with Gasteiger partial charge in [0.2, 0.25) is 5.95 Å². The highest BCUT2D eigenvalue weighted by Crippen LogP contribution is 2.53. The van der Waals surface area contributed by atoms with E-state index < -0.39 is 0 Å². The molecule has 0 radical (unpaired) electrons. The summed E-state index contributed by atoms with van der Waals surface area (Å²) in [7, 11) is 0. The Labute approximate surface area is 362 Å². The molecule has 10 aromatic carbocycles. The zero-order valence-electron chi connectivity index (χ0n) is 34.8. The maximum atomic E-state index is 5.92. The first-order valence-corrected chi connectivity index (χ1v) is 21.8. The largest absolute Gasteiger partial charge is 0.309 e. The van der Waals surface area contributed by atoms with E-state index in [2.05, 4.69) is 217 Å². The lowest BCUT2D eigenvalue weighted by Crippen LogP contribution is -2.18. The molecule has 1 aliphatic rings. The summed E-state index contributed by atoms with van der Waals surface area (Å²) in [6.45, 7) is 4.68. The van der Waals surface area contributed by atoms with Crippen LogP contribution < -0.4 is 0 Å². The Hall–Kier alpha value is -8.08. The van der Waals surface area contributed by atoms with Crippen molar-refractivity contribution >= 4 is 86.7 Å². The molecule has 0 bridgehead atoms. The Morgan fingerprint density at radius 2 is 0.921 bits per heavy atom. The molecule has 0 fully saturated rings. The van der Waals surface area contributed by atoms with Gasteiger partial charge in [0.05, 0.1) is 33.5 Å². The van der Waals surface area contributed by atoms with Gasteiger partial charge in [-0.2, -0.15) is 0 Å². The molecule has 0 saturated carbocycles. The van der Waals surface area contributed by atoms with Gasteiger partial charge in [0.25, 0.3) is 0 Å². The number of aromatic nitrogens is 4. The topological polar surface area (TPSA) is 35.6 Å². The average Bonchev–Trinajstić information content (AvgIpc) is 3.95. The Morgan fingerprint density at radius 3 is 1.71 bits per heavy atom. The molecule has 1 aliphatic carbocycles. The second-order valence-corrected chi connectivity index (χ2v) is 17.6. The number of rotatable bonds is 3. The van der Waals surface area contributed by atoms with E-state index in [9.17, 15) is 0 Å². The van der Waals surface area contributed by atoms with Gasteiger partial charge in [0.15, 0.2) is 0 Å². The molecule has 0 unspecified atom stereocenters. The standard InChI is InChI=1S/C59H38N4/c1-59(2)47-28-14-12-25-43(47)55-54(59)56(45-27-16-30-49-51(45)44-26-13-15-29-48(44)62(49)36-18-4-3-5-19-36)61-58(60-55)63-50-34-33-42-40-23-9-8-21-38(40)39-22-10-11-24-41(39)52(42)53(50)46-32-31-35-17-6-7-20-37(35)57(46)63/h3-34H,1-2H3. The SMILES string of the molecule is CC1(C)c2ccccc2-c2nc(-n3c4ccc5c6ccccc6c6ccccc6c5c4c4ccc5ccccc5c43)nc(-c3cccc4c3c3ccccc3n4-c3ccccc3)c21. The zero-order chi connectivity index (χ0) is 41.6. The normalized spacial score (nSPS) is 13.4. The molecule has 4 heteroatoms. The maximum absolute atomic E-state index is 5.92. The molecule has 0 N–H and O–H groups in total. The van der Waals surface area contributed by atoms with Gasteiger partial charge in [-0.3, -0.25) is 4.57 Å². The highest BCUT2D eigenvalue weighted by molar-refractivity contribution is 6.36. The van der Waals surface area contributed by atoms with E-state index in [-0.39, 0.29) is 5.41 Å². The Bertz CT molecular complexity index is 4080. The number of para-hydroxylation sites is 2. The van der Waals surface area contributed by atoms with Gasteiger partial charge in [-0.25, -0.2) is 9.97 Å². The predicted octanol–water partition coefficient (Wildman–Crippen LogP) is 15.3. The van der Waals surface area contributed by atoms with Gasteiger partial charge in [-0.15, -0.1) is 0 Å². The van der Waals surface area contributed by atoms with Gasteiger partial charge in [-0.05, 0) is 68.2 Å². The van der Waals surface area contributed by atoms with Crippen LogP contribution in [0.15, 0.2) is 194 Å². The molecule has 0 amide bonds. The summed E-state index contributed by atoms with van der Waals surface area (Å²) in [5, 5.41) is 14.7. The van der Waals surface area contributed by atoms with Crippen LogP contribution in [0.1, 0.15) is 25.0 Å². The molecule has 0 spiro atoms. The van der Waals surface area contributed by atoms with Crippen LogP contribution >= 0.6 is 0 Å². The van der Waals surface area contributed by atoms with Crippen molar-refractivity contribution in [2.75, 3.05) is 0 Å². The van der Waals surface area contributed by atoms with E-state index >= 15 is 0 Å². The summed E-state index contributed by atoms with van der Waals surface area (Å²) in [5.41, 5.74) is 11.9. The third kappa shape index (κ3) is 4.54. The lowest BCUT2D eigenvalue weighted by molar-refractivity contribution is 0.657. The molecule has 0 aliphatic heterocycles. The van der Waals surface area contributed by atoms with Crippen LogP contribution in [-0.2, 0) is 5.41 Å². The number of hydrogen-bond acceptors (Lipinski definition) is 2. The summed E-state index contributed by atoms with van der Waals surface area (Å²) in [5.74, 6) is 0.667. The Kier molecular flexibility index (Phi) is 6.87. The highest BCUT2D eigenvalue weighted by Gasteiger charge is 2.41. The minimum atomic E-state index is -0.358. The fraction of sp³-hybridized carbons (Fsp3) is 0.0508. The van der Waals surface area contributed by atoms with Crippen molar-refractivity contribution in [1.29, 1.82) is 0 Å². The highest BCUT2D eigenvalue weighted by atomic mass is 15.2. The van der Waals surface area contributed by atoms with Crippen LogP contribution in [0.5, 0.6) is 0 Å². The molecular formula is C59H38N4. The van der Waals surface area contributed by atoms with Gasteiger partial charge >= 0.3 is 0 Å². The van der Waals surface area contributed by atoms with Crippen molar-refractivity contribution in [3.05, 3.63) is 205 Å². The van der Waals surface area contributed by atoms with Gasteiger partial charge in [-0.1, -0.05) is 178 Å². The van der Waals surface area contributed by atoms with E-state index in [0.717, 1.165) is 50.3 Å². The second kappa shape index (κ2) is 12.5. The first kappa shape index (κ1) is 34.6. The molecule has 3 aromatic heterocycles. The number of fused-ring (bicyclic) bond motifs is 18. The molecule has 14 rings (SSSR count). The van der Waals surface area contributed by atoms with Crippen LogP contribution in [-0.4, -0.2) is 19.1 Å². The molecule has 0 atom stereocenters. The molecule has 0 saturated heterocycles. The minimum Gasteiger partial charge on any atom is -0.309 e. The summed E-state index contributed by atoms with van der Waals surface area (Å²) in [6.07, 6.45) is 0. The lowest BCUT2D eigenvalue weighted by Gasteiger charge is -2.24. The number of hydrogen-bond donors (Lipinski definition) is 0. The maximum Gasteiger partial charge on any atom is 0.235 e. The smallest absolute Gasteiger partial charge is 0.235 e. The molecule has 294 valence electrons. The zero-order valence-corrected chi connectivity index (χ0v) is 34.8. The van der Waals surface area contributed by atoms with E-state index in [1.165, 1.54) is 75.7 Å². The average molecular weight is 803 g/mol. The lowest BCUT2D eigenvalue weighted by atomic mass is 9.80. The Balaban J connectivity index is 1.18. The van der Waals surface area contributed by atoms with E-state index in [4.69, 9.17) is 9.97 Å². The molecular weight excluding hydrogens is 765 g/mol.